The third kappa shape index (κ3) is 3.51. The molecule has 0 saturated carbocycles. The number of piperazine rings is 1. The molecular weight excluding hydrogens is 284 g/mol. The van der Waals surface area contributed by atoms with Crippen LogP contribution in [0.15, 0.2) is 18.2 Å². The summed E-state index contributed by atoms with van der Waals surface area (Å²) in [7, 11) is 3.12. The van der Waals surface area contributed by atoms with Gasteiger partial charge in [0.1, 0.15) is 17.5 Å². The molecule has 1 unspecified atom stereocenters. The molecule has 0 aromatic heterocycles. The van der Waals surface area contributed by atoms with Crippen LogP contribution in [0.3, 0.4) is 0 Å². The van der Waals surface area contributed by atoms with Crippen LogP contribution in [0, 0.1) is 0 Å². The Balaban J connectivity index is 2.27. The standard InChI is InChI=1S/C16H24N2O4/c1-4-17-7-9-18(10-8-17)15(16(19)20)13-6-5-12(21-2)11-14(13)22-3/h5-6,11,15H,4,7-10H2,1-3H3,(H,19,20). The minimum atomic E-state index is -0.853. The maximum atomic E-state index is 11.8. The molecule has 1 saturated heterocycles. The summed E-state index contributed by atoms with van der Waals surface area (Å²) in [6.07, 6.45) is 0. The third-order valence-electron chi connectivity index (χ3n) is 4.19. The molecule has 0 amide bonds. The van der Waals surface area contributed by atoms with Crippen molar-refractivity contribution in [2.75, 3.05) is 46.9 Å². The topological polar surface area (TPSA) is 62.2 Å². The molecule has 1 aliphatic heterocycles. The summed E-state index contributed by atoms with van der Waals surface area (Å²) in [4.78, 5) is 16.1. The number of benzene rings is 1. The first kappa shape index (κ1) is 16.6. The lowest BCUT2D eigenvalue weighted by Crippen LogP contribution is -2.49. The molecule has 0 radical (unpaired) electrons. The predicted molar refractivity (Wildman–Crippen MR) is 83.6 cm³/mol. The molecule has 1 heterocycles. The summed E-state index contributed by atoms with van der Waals surface area (Å²) in [5.41, 5.74) is 0.667. The van der Waals surface area contributed by atoms with Crippen LogP contribution >= 0.6 is 0 Å². The number of aliphatic carboxylic acids is 1. The van der Waals surface area contributed by atoms with E-state index in [0.29, 0.717) is 17.1 Å². The lowest BCUT2D eigenvalue weighted by Gasteiger charge is -2.37. The Morgan fingerprint density at radius 2 is 1.91 bits per heavy atom. The van der Waals surface area contributed by atoms with E-state index in [1.54, 1.807) is 32.4 Å². The number of rotatable bonds is 6. The third-order valence-corrected chi connectivity index (χ3v) is 4.19. The largest absolute Gasteiger partial charge is 0.497 e. The van der Waals surface area contributed by atoms with Crippen LogP contribution in [0.1, 0.15) is 18.5 Å². The quantitative estimate of drug-likeness (QED) is 0.858. The minimum Gasteiger partial charge on any atom is -0.497 e. The van der Waals surface area contributed by atoms with E-state index in [9.17, 15) is 9.90 Å². The number of methoxy groups -OCH3 is 2. The van der Waals surface area contributed by atoms with Crippen molar-refractivity contribution in [1.29, 1.82) is 0 Å². The molecule has 1 atom stereocenters. The maximum absolute atomic E-state index is 11.8. The zero-order valence-corrected chi connectivity index (χ0v) is 13.4. The van der Waals surface area contributed by atoms with Gasteiger partial charge in [-0.05, 0) is 18.7 Å². The summed E-state index contributed by atoms with van der Waals surface area (Å²) in [5.74, 6) is 0.346. The average molecular weight is 308 g/mol. The van der Waals surface area contributed by atoms with E-state index < -0.39 is 12.0 Å². The van der Waals surface area contributed by atoms with Crippen molar-refractivity contribution in [1.82, 2.24) is 9.80 Å². The van der Waals surface area contributed by atoms with Gasteiger partial charge in [-0.25, -0.2) is 0 Å². The van der Waals surface area contributed by atoms with Crippen molar-refractivity contribution >= 4 is 5.97 Å². The summed E-state index contributed by atoms with van der Waals surface area (Å²) < 4.78 is 10.5. The predicted octanol–water partition coefficient (Wildman–Crippen LogP) is 1.47. The molecule has 22 heavy (non-hydrogen) atoms. The maximum Gasteiger partial charge on any atom is 0.325 e. The summed E-state index contributed by atoms with van der Waals surface area (Å²) >= 11 is 0. The Morgan fingerprint density at radius 1 is 1.23 bits per heavy atom. The minimum absolute atomic E-state index is 0.546. The van der Waals surface area contributed by atoms with Crippen LogP contribution in [-0.4, -0.2) is 67.8 Å². The first-order valence-electron chi connectivity index (χ1n) is 7.51. The summed E-state index contributed by atoms with van der Waals surface area (Å²) in [6, 6.07) is 4.59. The SMILES string of the molecule is CCN1CCN(C(C(=O)O)c2ccc(OC)cc2OC)CC1. The van der Waals surface area contributed by atoms with Crippen molar-refractivity contribution in [2.24, 2.45) is 0 Å². The normalized spacial score (nSPS) is 18.0. The Morgan fingerprint density at radius 3 is 2.41 bits per heavy atom. The molecule has 0 spiro atoms. The van der Waals surface area contributed by atoms with Crippen LogP contribution in [0.25, 0.3) is 0 Å². The van der Waals surface area contributed by atoms with Gasteiger partial charge in [0, 0.05) is 37.8 Å². The van der Waals surface area contributed by atoms with Crippen LogP contribution in [-0.2, 0) is 4.79 Å². The molecule has 1 N–H and O–H groups in total. The second kappa shape index (κ2) is 7.47. The lowest BCUT2D eigenvalue weighted by atomic mass is 10.0. The van der Waals surface area contributed by atoms with Gasteiger partial charge in [-0.2, -0.15) is 0 Å². The first-order chi connectivity index (χ1) is 10.6. The number of ether oxygens (including phenoxy) is 2. The highest BCUT2D eigenvalue weighted by Gasteiger charge is 2.32. The first-order valence-corrected chi connectivity index (χ1v) is 7.51. The van der Waals surface area contributed by atoms with Gasteiger partial charge in [0.25, 0.3) is 0 Å². The fraction of sp³-hybridized carbons (Fsp3) is 0.562. The van der Waals surface area contributed by atoms with E-state index in [1.165, 1.54) is 0 Å². The van der Waals surface area contributed by atoms with Gasteiger partial charge in [-0.3, -0.25) is 9.69 Å². The number of carboxylic acid groups (broad SMARTS) is 1. The highest BCUT2D eigenvalue weighted by molar-refractivity contribution is 5.77. The van der Waals surface area contributed by atoms with Crippen LogP contribution in [0.2, 0.25) is 0 Å². The molecule has 1 aromatic rings. The summed E-state index contributed by atoms with van der Waals surface area (Å²) in [6.45, 7) is 6.37. The van der Waals surface area contributed by atoms with Crippen LogP contribution in [0.4, 0.5) is 0 Å². The van der Waals surface area contributed by atoms with Gasteiger partial charge >= 0.3 is 5.97 Å². The molecule has 6 heteroatoms. The van der Waals surface area contributed by atoms with Gasteiger partial charge in [0.2, 0.25) is 0 Å². The van der Waals surface area contributed by atoms with E-state index in [-0.39, 0.29) is 0 Å². The molecule has 0 aliphatic carbocycles. The number of likely N-dealkylation sites (N-methyl/N-ethyl adjacent to an activating group) is 1. The van der Waals surface area contributed by atoms with Gasteiger partial charge in [-0.1, -0.05) is 6.92 Å². The zero-order chi connectivity index (χ0) is 16.1. The number of carbonyl (C=O) groups is 1. The number of hydrogen-bond donors (Lipinski definition) is 1. The number of carboxylic acids is 1. The Labute approximate surface area is 131 Å². The molecule has 2 rings (SSSR count). The number of nitrogens with zero attached hydrogens (tertiary/aromatic N) is 2. The van der Waals surface area contributed by atoms with Crippen molar-refractivity contribution in [3.8, 4) is 11.5 Å². The van der Waals surface area contributed by atoms with Crippen molar-refractivity contribution in [2.45, 2.75) is 13.0 Å². The molecule has 1 aromatic carbocycles. The van der Waals surface area contributed by atoms with Gasteiger partial charge < -0.3 is 19.5 Å². The van der Waals surface area contributed by atoms with Crippen LogP contribution < -0.4 is 9.47 Å². The molecule has 1 aliphatic rings. The highest BCUT2D eigenvalue weighted by Crippen LogP contribution is 2.33. The van der Waals surface area contributed by atoms with E-state index in [2.05, 4.69) is 11.8 Å². The average Bonchev–Trinajstić information content (AvgIpc) is 2.55. The molecule has 1 fully saturated rings. The Bertz CT molecular complexity index is 513. The lowest BCUT2D eigenvalue weighted by molar-refractivity contribution is -0.144. The van der Waals surface area contributed by atoms with Crippen molar-refractivity contribution < 1.29 is 19.4 Å². The second-order valence-corrected chi connectivity index (χ2v) is 5.32. The molecular formula is C16H24N2O4. The summed E-state index contributed by atoms with van der Waals surface area (Å²) in [5, 5.41) is 9.71. The molecule has 122 valence electrons. The Hall–Kier alpha value is -1.79. The van der Waals surface area contributed by atoms with Crippen molar-refractivity contribution in [3.63, 3.8) is 0 Å². The Kier molecular flexibility index (Phi) is 5.63. The monoisotopic (exact) mass is 308 g/mol. The fourth-order valence-electron chi connectivity index (χ4n) is 2.87. The van der Waals surface area contributed by atoms with E-state index in [0.717, 1.165) is 32.7 Å². The molecule has 6 nitrogen and oxygen atoms in total. The van der Waals surface area contributed by atoms with Gasteiger partial charge in [0.15, 0.2) is 0 Å². The van der Waals surface area contributed by atoms with E-state index >= 15 is 0 Å². The smallest absolute Gasteiger partial charge is 0.325 e. The number of hydrogen-bond acceptors (Lipinski definition) is 5. The zero-order valence-electron chi connectivity index (χ0n) is 13.4. The molecule has 0 bridgehead atoms. The van der Waals surface area contributed by atoms with Crippen molar-refractivity contribution in [3.05, 3.63) is 23.8 Å². The van der Waals surface area contributed by atoms with Gasteiger partial charge in [-0.15, -0.1) is 0 Å². The van der Waals surface area contributed by atoms with E-state index in [1.807, 2.05) is 4.90 Å². The highest BCUT2D eigenvalue weighted by atomic mass is 16.5. The van der Waals surface area contributed by atoms with Crippen LogP contribution in [0.5, 0.6) is 11.5 Å². The van der Waals surface area contributed by atoms with E-state index in [4.69, 9.17) is 9.47 Å². The second-order valence-electron chi connectivity index (χ2n) is 5.32. The fourth-order valence-corrected chi connectivity index (χ4v) is 2.87. The van der Waals surface area contributed by atoms with Gasteiger partial charge in [0.05, 0.1) is 14.2 Å².